The van der Waals surface area contributed by atoms with E-state index < -0.39 is 0 Å². The number of thioether (sulfide) groups is 1. The molecule has 0 amide bonds. The maximum Gasteiger partial charge on any atom is 0.0441 e. The Hall–Kier alpha value is -0.180. The van der Waals surface area contributed by atoms with E-state index in [2.05, 4.69) is 30.6 Å². The van der Waals surface area contributed by atoms with Crippen molar-refractivity contribution in [3.8, 4) is 0 Å². The lowest BCUT2D eigenvalue weighted by Gasteiger charge is -2.15. The van der Waals surface area contributed by atoms with E-state index in [0.29, 0.717) is 6.04 Å². The van der Waals surface area contributed by atoms with Crippen LogP contribution in [-0.2, 0) is 6.42 Å². The van der Waals surface area contributed by atoms with Gasteiger partial charge < -0.3 is 5.32 Å². The average Bonchev–Trinajstić information content (AvgIpc) is 2.21. The molecule has 0 bridgehead atoms. The van der Waals surface area contributed by atoms with Crippen LogP contribution in [0.25, 0.3) is 0 Å². The van der Waals surface area contributed by atoms with E-state index in [9.17, 15) is 0 Å². The van der Waals surface area contributed by atoms with Crippen LogP contribution < -0.4 is 5.32 Å². The molecule has 0 spiro atoms. The van der Waals surface area contributed by atoms with E-state index in [1.165, 1.54) is 11.1 Å². The van der Waals surface area contributed by atoms with Gasteiger partial charge >= 0.3 is 0 Å². The number of aryl methyl sites for hydroxylation is 1. The third-order valence-corrected chi connectivity index (χ3v) is 3.54. The summed E-state index contributed by atoms with van der Waals surface area (Å²) in [5.41, 5.74) is 2.45. The molecule has 1 aromatic carbocycles. The van der Waals surface area contributed by atoms with Crippen molar-refractivity contribution < 1.29 is 0 Å². The van der Waals surface area contributed by atoms with Gasteiger partial charge in [-0.25, -0.2) is 0 Å². The van der Waals surface area contributed by atoms with Gasteiger partial charge in [-0.1, -0.05) is 23.7 Å². The Balaban J connectivity index is 2.70. The van der Waals surface area contributed by atoms with Crippen LogP contribution in [0.5, 0.6) is 0 Å². The molecule has 0 saturated heterocycles. The number of hydrogen-bond acceptors (Lipinski definition) is 2. The Morgan fingerprint density at radius 2 is 2.20 bits per heavy atom. The fraction of sp³-hybridized carbons (Fsp3) is 0.500. The van der Waals surface area contributed by atoms with Crippen molar-refractivity contribution in [2.75, 3.05) is 19.1 Å². The quantitative estimate of drug-likeness (QED) is 0.853. The molecular weight excluding hydrogens is 226 g/mol. The highest BCUT2D eigenvalue weighted by atomic mass is 35.5. The summed E-state index contributed by atoms with van der Waals surface area (Å²) in [6, 6.07) is 6.78. The van der Waals surface area contributed by atoms with E-state index in [-0.39, 0.29) is 0 Å². The van der Waals surface area contributed by atoms with E-state index in [4.69, 9.17) is 11.6 Å². The van der Waals surface area contributed by atoms with Gasteiger partial charge in [-0.3, -0.25) is 0 Å². The normalized spacial score (nSPS) is 12.8. The Kier molecular flexibility index (Phi) is 5.51. The number of rotatable bonds is 5. The maximum absolute atomic E-state index is 6.20. The predicted molar refractivity (Wildman–Crippen MR) is 71.1 cm³/mol. The number of likely N-dealkylation sites (N-methyl/N-ethyl adjacent to an activating group) is 1. The summed E-state index contributed by atoms with van der Waals surface area (Å²) in [5, 5.41) is 4.20. The first-order chi connectivity index (χ1) is 7.17. The summed E-state index contributed by atoms with van der Waals surface area (Å²) in [7, 11) is 2.00. The molecule has 0 saturated carbocycles. The number of hydrogen-bond donors (Lipinski definition) is 1. The molecule has 1 atom stereocenters. The molecule has 0 aromatic heterocycles. The second kappa shape index (κ2) is 6.41. The van der Waals surface area contributed by atoms with E-state index in [0.717, 1.165) is 17.2 Å². The van der Waals surface area contributed by atoms with Gasteiger partial charge in [-0.05, 0) is 43.8 Å². The molecule has 1 aromatic rings. The van der Waals surface area contributed by atoms with E-state index >= 15 is 0 Å². The van der Waals surface area contributed by atoms with Crippen LogP contribution in [0.1, 0.15) is 11.1 Å². The van der Waals surface area contributed by atoms with Crippen LogP contribution in [0.15, 0.2) is 18.2 Å². The predicted octanol–water partition coefficient (Wildman–Crippen LogP) is 3.14. The van der Waals surface area contributed by atoms with Gasteiger partial charge in [0.1, 0.15) is 0 Å². The Morgan fingerprint density at radius 1 is 1.47 bits per heavy atom. The zero-order valence-electron chi connectivity index (χ0n) is 9.51. The number of nitrogens with one attached hydrogen (secondary N) is 1. The largest absolute Gasteiger partial charge is 0.316 e. The molecule has 0 heterocycles. The second-order valence-corrected chi connectivity index (χ2v) is 5.06. The van der Waals surface area contributed by atoms with Crippen LogP contribution in [0.2, 0.25) is 5.02 Å². The highest BCUT2D eigenvalue weighted by molar-refractivity contribution is 7.98. The van der Waals surface area contributed by atoms with Gasteiger partial charge in [0, 0.05) is 16.8 Å². The van der Waals surface area contributed by atoms with Gasteiger partial charge in [0.15, 0.2) is 0 Å². The second-order valence-electron chi connectivity index (χ2n) is 3.74. The van der Waals surface area contributed by atoms with Crippen LogP contribution >= 0.6 is 23.4 Å². The topological polar surface area (TPSA) is 12.0 Å². The third kappa shape index (κ3) is 4.06. The Morgan fingerprint density at radius 3 is 2.73 bits per heavy atom. The monoisotopic (exact) mass is 243 g/mol. The van der Waals surface area contributed by atoms with Gasteiger partial charge in [0.25, 0.3) is 0 Å². The van der Waals surface area contributed by atoms with Crippen molar-refractivity contribution in [1.29, 1.82) is 0 Å². The third-order valence-electron chi connectivity index (χ3n) is 2.45. The van der Waals surface area contributed by atoms with Crippen LogP contribution in [0, 0.1) is 6.92 Å². The first-order valence-corrected chi connectivity index (χ1v) is 6.85. The highest BCUT2D eigenvalue weighted by Gasteiger charge is 2.08. The zero-order chi connectivity index (χ0) is 11.3. The first-order valence-electron chi connectivity index (χ1n) is 5.08. The highest BCUT2D eigenvalue weighted by Crippen LogP contribution is 2.19. The summed E-state index contributed by atoms with van der Waals surface area (Å²) in [6.45, 7) is 2.06. The van der Waals surface area contributed by atoms with Crippen LogP contribution in [-0.4, -0.2) is 25.1 Å². The standard InChI is InChI=1S/C12H18ClNS/c1-9-4-5-10(12(13)6-9)7-11(14-2)8-15-3/h4-6,11,14H,7-8H2,1-3H3. The Bertz CT molecular complexity index is 314. The number of benzene rings is 1. The minimum atomic E-state index is 0.500. The molecule has 0 aliphatic rings. The molecule has 0 aliphatic carbocycles. The van der Waals surface area contributed by atoms with E-state index in [1.807, 2.05) is 24.9 Å². The van der Waals surface area contributed by atoms with Gasteiger partial charge in [0.2, 0.25) is 0 Å². The van der Waals surface area contributed by atoms with Crippen molar-refractivity contribution in [3.05, 3.63) is 34.3 Å². The fourth-order valence-corrected chi connectivity index (χ4v) is 2.53. The average molecular weight is 244 g/mol. The number of halogens is 1. The van der Waals surface area contributed by atoms with Gasteiger partial charge in [0.05, 0.1) is 0 Å². The zero-order valence-corrected chi connectivity index (χ0v) is 11.1. The molecule has 1 nitrogen and oxygen atoms in total. The summed E-state index contributed by atoms with van der Waals surface area (Å²) in [6.07, 6.45) is 3.12. The summed E-state index contributed by atoms with van der Waals surface area (Å²) in [5.74, 6) is 1.11. The fourth-order valence-electron chi connectivity index (χ4n) is 1.53. The van der Waals surface area contributed by atoms with Crippen molar-refractivity contribution in [1.82, 2.24) is 5.32 Å². The lowest BCUT2D eigenvalue weighted by molar-refractivity contribution is 0.617. The smallest absolute Gasteiger partial charge is 0.0441 e. The van der Waals surface area contributed by atoms with Crippen molar-refractivity contribution in [2.45, 2.75) is 19.4 Å². The minimum absolute atomic E-state index is 0.500. The minimum Gasteiger partial charge on any atom is -0.316 e. The van der Waals surface area contributed by atoms with Crippen molar-refractivity contribution in [2.24, 2.45) is 0 Å². The summed E-state index contributed by atoms with van der Waals surface area (Å²) in [4.78, 5) is 0. The van der Waals surface area contributed by atoms with Crippen molar-refractivity contribution in [3.63, 3.8) is 0 Å². The molecular formula is C12H18ClNS. The van der Waals surface area contributed by atoms with Crippen LogP contribution in [0.4, 0.5) is 0 Å². The van der Waals surface area contributed by atoms with Crippen molar-refractivity contribution >= 4 is 23.4 Å². The molecule has 0 radical (unpaired) electrons. The van der Waals surface area contributed by atoms with Gasteiger partial charge in [-0.2, -0.15) is 11.8 Å². The molecule has 84 valence electrons. The SMILES string of the molecule is CNC(CSC)Cc1ccc(C)cc1Cl. The molecule has 1 unspecified atom stereocenters. The first kappa shape index (κ1) is 12.9. The Labute approximate surface area is 102 Å². The molecule has 1 N–H and O–H groups in total. The maximum atomic E-state index is 6.20. The summed E-state index contributed by atoms with van der Waals surface area (Å²) >= 11 is 8.05. The lowest BCUT2D eigenvalue weighted by Crippen LogP contribution is -2.30. The molecule has 1 rings (SSSR count). The molecule has 0 fully saturated rings. The lowest BCUT2D eigenvalue weighted by atomic mass is 10.1. The van der Waals surface area contributed by atoms with E-state index in [1.54, 1.807) is 0 Å². The molecule has 0 aliphatic heterocycles. The van der Waals surface area contributed by atoms with Crippen LogP contribution in [0.3, 0.4) is 0 Å². The molecule has 3 heteroatoms. The van der Waals surface area contributed by atoms with Gasteiger partial charge in [-0.15, -0.1) is 0 Å². The summed E-state index contributed by atoms with van der Waals surface area (Å²) < 4.78 is 0. The molecule has 15 heavy (non-hydrogen) atoms.